The molecule has 0 heterocycles. The van der Waals surface area contributed by atoms with Crippen molar-refractivity contribution in [2.45, 2.75) is 17.7 Å². The van der Waals surface area contributed by atoms with Crippen LogP contribution in [0.2, 0.25) is 0 Å². The van der Waals surface area contributed by atoms with Gasteiger partial charge in [0.15, 0.2) is 0 Å². The largest absolute Gasteiger partial charge is 0.524 e. The lowest BCUT2D eigenvalue weighted by Gasteiger charge is -2.10. The van der Waals surface area contributed by atoms with Crippen LogP contribution < -0.4 is 20.3 Å². The normalized spacial score (nSPS) is 11.4. The highest BCUT2D eigenvalue weighted by Gasteiger charge is 2.16. The molecular formula is C38H36N3O12PS. The molecule has 15 nitrogen and oxygen atoms in total. The Morgan fingerprint density at radius 1 is 0.600 bits per heavy atom. The molecule has 6 aromatic rings. The molecule has 0 saturated carbocycles. The number of sulfonamides is 1. The summed E-state index contributed by atoms with van der Waals surface area (Å²) in [6.45, 7) is 0.583. The predicted octanol–water partition coefficient (Wildman–Crippen LogP) is 4.57. The van der Waals surface area contributed by atoms with Crippen LogP contribution in [0.15, 0.2) is 114 Å². The highest BCUT2D eigenvalue weighted by Crippen LogP contribution is 2.37. The average Bonchev–Trinajstić information content (AvgIpc) is 3.11. The first kappa shape index (κ1) is 40.0. The maximum atomic E-state index is 12.4. The number of carbonyl (C=O) groups is 2. The Hall–Kier alpha value is -6.16. The van der Waals surface area contributed by atoms with Crippen LogP contribution in [0.4, 0.5) is 0 Å². The number of phosphoric acid groups is 1. The predicted molar refractivity (Wildman–Crippen MR) is 204 cm³/mol. The van der Waals surface area contributed by atoms with Crippen LogP contribution in [-0.2, 0) is 27.4 Å². The van der Waals surface area contributed by atoms with Crippen molar-refractivity contribution in [1.29, 1.82) is 0 Å². The third-order valence-electron chi connectivity index (χ3n) is 8.16. The van der Waals surface area contributed by atoms with E-state index in [4.69, 9.17) is 14.9 Å². The lowest BCUT2D eigenvalue weighted by atomic mass is 10.0. The summed E-state index contributed by atoms with van der Waals surface area (Å²) in [5.41, 5.74) is 1.86. The zero-order valence-electron chi connectivity index (χ0n) is 28.8. The van der Waals surface area contributed by atoms with Crippen LogP contribution >= 0.6 is 7.82 Å². The Balaban J connectivity index is 0.000000211. The molecule has 0 aliphatic heterocycles. The Labute approximate surface area is 314 Å². The van der Waals surface area contributed by atoms with Crippen molar-refractivity contribution in [2.24, 2.45) is 5.14 Å². The van der Waals surface area contributed by atoms with Gasteiger partial charge in [-0.3, -0.25) is 19.4 Å². The van der Waals surface area contributed by atoms with Crippen LogP contribution in [0.25, 0.3) is 21.5 Å². The van der Waals surface area contributed by atoms with Gasteiger partial charge in [-0.2, -0.15) is 0 Å². The topological polar surface area (TPSA) is 266 Å². The van der Waals surface area contributed by atoms with Gasteiger partial charge in [0.25, 0.3) is 11.8 Å². The van der Waals surface area contributed by atoms with Crippen molar-refractivity contribution in [3.05, 3.63) is 131 Å². The first-order chi connectivity index (χ1) is 25.9. The molecule has 0 spiro atoms. The van der Waals surface area contributed by atoms with E-state index in [1.165, 1.54) is 72.8 Å². The van der Waals surface area contributed by atoms with Crippen LogP contribution in [0.1, 0.15) is 31.8 Å². The lowest BCUT2D eigenvalue weighted by molar-refractivity contribution is 0.0943. The van der Waals surface area contributed by atoms with E-state index in [9.17, 15) is 43.0 Å². The fourth-order valence-corrected chi connectivity index (χ4v) is 6.35. The number of carbonyl (C=O) groups excluding carboxylic acids is 2. The summed E-state index contributed by atoms with van der Waals surface area (Å²) in [4.78, 5) is 42.2. The molecule has 0 atom stereocenters. The molecule has 0 aliphatic rings. The number of hydrogen-bond donors (Lipinski definition) is 9. The summed E-state index contributed by atoms with van der Waals surface area (Å²) in [5, 5.41) is 52.4. The number of phenolic OH excluding ortho intramolecular Hbond substituents is 4. The molecule has 17 heteroatoms. The summed E-state index contributed by atoms with van der Waals surface area (Å²) in [7, 11) is -8.32. The number of primary sulfonamides is 1. The third kappa shape index (κ3) is 11.2. The molecule has 6 aromatic carbocycles. The summed E-state index contributed by atoms with van der Waals surface area (Å²) >= 11 is 0. The second-order valence-electron chi connectivity index (χ2n) is 12.2. The van der Waals surface area contributed by atoms with E-state index in [-0.39, 0.29) is 51.3 Å². The molecule has 0 unspecified atom stereocenters. The van der Waals surface area contributed by atoms with Crippen LogP contribution in [0, 0.1) is 0 Å². The van der Waals surface area contributed by atoms with Gasteiger partial charge in [0.1, 0.15) is 28.7 Å². The van der Waals surface area contributed by atoms with Gasteiger partial charge < -0.3 is 35.6 Å². The van der Waals surface area contributed by atoms with Crippen LogP contribution in [0.5, 0.6) is 28.7 Å². The smallest absolute Gasteiger partial charge is 0.508 e. The zero-order valence-corrected chi connectivity index (χ0v) is 30.5. The molecule has 55 heavy (non-hydrogen) atoms. The highest BCUT2D eigenvalue weighted by atomic mass is 32.2. The van der Waals surface area contributed by atoms with Gasteiger partial charge in [0.2, 0.25) is 10.0 Å². The highest BCUT2D eigenvalue weighted by molar-refractivity contribution is 7.89. The van der Waals surface area contributed by atoms with Gasteiger partial charge in [-0.15, -0.1) is 0 Å². The second-order valence-corrected chi connectivity index (χ2v) is 15.0. The molecule has 10 N–H and O–H groups in total. The van der Waals surface area contributed by atoms with Gasteiger partial charge in [-0.25, -0.2) is 18.1 Å². The summed E-state index contributed by atoms with van der Waals surface area (Å²) in [6.07, 6.45) is 0.947. The number of phenols is 4. The third-order valence-corrected chi connectivity index (χ3v) is 9.54. The number of fused-ring (bicyclic) bond motifs is 2. The number of rotatable bonds is 11. The maximum Gasteiger partial charge on any atom is 0.524 e. The Bertz CT molecular complexity index is 2520. The van der Waals surface area contributed by atoms with Crippen molar-refractivity contribution >= 4 is 51.2 Å². The van der Waals surface area contributed by atoms with E-state index >= 15 is 0 Å². The number of benzene rings is 6. The summed E-state index contributed by atoms with van der Waals surface area (Å²) < 4.78 is 37.7. The first-order valence-electron chi connectivity index (χ1n) is 16.4. The Kier molecular flexibility index (Phi) is 12.3. The van der Waals surface area contributed by atoms with E-state index < -0.39 is 29.7 Å². The lowest BCUT2D eigenvalue weighted by Crippen LogP contribution is -2.25. The SMILES string of the molecule is NS(=O)(=O)c1ccc(CCNC(=O)c2cc3cc(O)ccc3cc2O)cc1.O=C(NCCc1ccc(OP(=O)(O)O)cc1)c1cc2cc(O)ccc2cc1O. The monoisotopic (exact) mass is 789 g/mol. The number of amides is 2. The number of nitrogens with one attached hydrogen (secondary N) is 2. The molecule has 286 valence electrons. The van der Waals surface area contributed by atoms with Crippen molar-refractivity contribution in [2.75, 3.05) is 13.1 Å². The van der Waals surface area contributed by atoms with E-state index in [0.717, 1.165) is 11.1 Å². The van der Waals surface area contributed by atoms with Crippen LogP contribution in [0.3, 0.4) is 0 Å². The molecule has 0 bridgehead atoms. The van der Waals surface area contributed by atoms with Crippen molar-refractivity contribution in [1.82, 2.24) is 10.6 Å². The molecule has 0 aliphatic carbocycles. The molecule has 6 rings (SSSR count). The Morgan fingerprint density at radius 3 is 1.42 bits per heavy atom. The number of nitrogens with two attached hydrogens (primary N) is 1. The quantitative estimate of drug-likeness (QED) is 0.0818. The maximum absolute atomic E-state index is 12.4. The molecular weight excluding hydrogens is 753 g/mol. The minimum absolute atomic E-state index is 0.0274. The van der Waals surface area contributed by atoms with Gasteiger partial charge in [0, 0.05) is 13.1 Å². The number of aromatic hydroxyl groups is 4. The number of phosphoric ester groups is 1. The molecule has 0 saturated heterocycles. The van der Waals surface area contributed by atoms with Gasteiger partial charge in [0.05, 0.1) is 16.0 Å². The summed E-state index contributed by atoms with van der Waals surface area (Å²) in [6, 6.07) is 27.5. The number of hydrogen-bond acceptors (Lipinski definition) is 10. The zero-order chi connectivity index (χ0) is 39.9. The molecule has 0 fully saturated rings. The van der Waals surface area contributed by atoms with Gasteiger partial charge in [-0.1, -0.05) is 36.4 Å². The average molecular weight is 790 g/mol. The minimum atomic E-state index is -4.59. The standard InChI is InChI=1S/C19H18N2O5S.C19H18NO7P/c20-27(25,26)16-5-1-12(2-6-16)7-8-21-19(24)17-10-14-9-15(22)4-3-13(14)11-18(17)23;21-15-4-3-13-11-18(22)17(10-14(13)9-15)19(23)20-8-7-12-1-5-16(6-2-12)27-28(24,25)26/h1-6,9-11,22-23H,7-8H2,(H,21,24)(H2,20,25,26);1-6,9-11,21-22H,7-8H2,(H,20,23)(H2,24,25,26). The second kappa shape index (κ2) is 16.9. The molecule has 0 aromatic heterocycles. The fourth-order valence-electron chi connectivity index (χ4n) is 5.44. The van der Waals surface area contributed by atoms with Crippen molar-refractivity contribution in [3.63, 3.8) is 0 Å². The fraction of sp³-hybridized carbons (Fsp3) is 0.105. The molecule has 2 amide bonds. The van der Waals surface area contributed by atoms with Crippen LogP contribution in [-0.4, -0.2) is 63.5 Å². The first-order valence-corrected chi connectivity index (χ1v) is 19.5. The van der Waals surface area contributed by atoms with E-state index in [1.54, 1.807) is 36.4 Å². The van der Waals surface area contributed by atoms with E-state index in [2.05, 4.69) is 15.2 Å². The van der Waals surface area contributed by atoms with E-state index in [1.807, 2.05) is 0 Å². The van der Waals surface area contributed by atoms with E-state index in [0.29, 0.717) is 40.9 Å². The van der Waals surface area contributed by atoms with Gasteiger partial charge >= 0.3 is 7.82 Å². The van der Waals surface area contributed by atoms with Crippen molar-refractivity contribution in [3.8, 4) is 28.7 Å². The summed E-state index contributed by atoms with van der Waals surface area (Å²) in [5.74, 6) is -1.02. The van der Waals surface area contributed by atoms with Crippen molar-refractivity contribution < 1.29 is 57.3 Å². The van der Waals surface area contributed by atoms with Gasteiger partial charge in [-0.05, 0) is 118 Å². The molecule has 0 radical (unpaired) electrons. The Morgan fingerprint density at radius 2 is 1.02 bits per heavy atom. The minimum Gasteiger partial charge on any atom is -0.508 e.